The first-order valence-electron chi connectivity index (χ1n) is 50.1. The Morgan fingerprint density at radius 2 is 0.617 bits per heavy atom. The van der Waals surface area contributed by atoms with E-state index in [1.54, 1.807) is 0 Å². The lowest BCUT2D eigenvalue weighted by atomic mass is 9.82. The molecule has 2 N–H and O–H groups in total. The van der Waals surface area contributed by atoms with Crippen LogP contribution in [0.25, 0.3) is 94.0 Å². The first-order chi connectivity index (χ1) is 69.2. The van der Waals surface area contributed by atoms with Gasteiger partial charge in [-0.15, -0.1) is 0 Å². The Hall–Kier alpha value is -16.0. The summed E-state index contributed by atoms with van der Waals surface area (Å²) in [5.41, 5.74) is 27.0. The number of hydrogen-bond acceptors (Lipinski definition) is 7. The highest BCUT2D eigenvalue weighted by molar-refractivity contribution is 5.99. The quantitative estimate of drug-likeness (QED) is 0.0168. The van der Waals surface area contributed by atoms with Crippen LogP contribution in [0, 0.1) is 13.1 Å². The number of unbranched alkanes of at least 4 members (excludes halogenated alkanes) is 12. The molecule has 704 valence electrons. The molecule has 0 fully saturated rings. The van der Waals surface area contributed by atoms with Crippen molar-refractivity contribution in [3.05, 3.63) is 471 Å². The van der Waals surface area contributed by atoms with Crippen LogP contribution < -0.4 is 19.3 Å². The van der Waals surface area contributed by atoms with Crippen molar-refractivity contribution in [1.29, 1.82) is 0 Å². The molecule has 2 heterocycles. The molecule has 2 aliphatic rings. The summed E-state index contributed by atoms with van der Waals surface area (Å²) in [7, 11) is 0. The van der Waals surface area contributed by atoms with E-state index >= 15 is 0 Å². The van der Waals surface area contributed by atoms with Crippen LogP contribution in [0.15, 0.2) is 382 Å². The molecule has 16 aromatic carbocycles. The standard InChI is InChI=1S/C65H60N2O3.C62H59NO2.C3H3NO2/c1-4-6-8-11-15-47-21-35-57(36-22-47)67(58-37-23-48(24-38-58)16-12-9-7-5-2)59-39-29-52(30-40-59)53-31-41-60-54(46-53)32-42-63-61(60)43-44-65(70-63,55-17-13-10-14-18-55)56-33-27-51(28-34-56)50-25-19-49(20-26-50)45-62(66-3)64(68)69;1-3-5-7-10-14-46-20-34-56(35-21-46)63(57-36-22-47(23-37-57)15-11-8-6-4-2)58-38-28-51(29-39-58)52-30-40-59-53(44-52)31-41-61-60(59)42-43-62(65-61,54-16-12-9-13-17-54)55-32-26-50(27-33-55)49-24-18-48(45-64)19-25-49;1-4-2-3(5)6/h10,13-14,17-46H,4-9,11-12,15-16H2,1-2H3,(H,68,69);9,12-13,16-45H,3-8,10-11,14-15H2,1-2H3;2H2,(H,5,6)/b62-45+;;. The molecule has 16 aromatic rings. The zero-order valence-electron chi connectivity index (χ0n) is 81.2. The fourth-order valence-electron chi connectivity index (χ4n) is 19.2. The van der Waals surface area contributed by atoms with E-state index in [1.165, 1.54) is 159 Å². The van der Waals surface area contributed by atoms with Gasteiger partial charge in [0.2, 0.25) is 0 Å². The molecule has 2 aliphatic heterocycles. The summed E-state index contributed by atoms with van der Waals surface area (Å²) in [5.74, 6) is -0.632. The number of carbonyl (C=O) groups excluding carboxylic acids is 1. The number of carbonyl (C=O) groups is 3. The van der Waals surface area contributed by atoms with E-state index in [4.69, 9.17) is 27.7 Å². The maximum Gasteiger partial charge on any atom is 0.384 e. The van der Waals surface area contributed by atoms with Crippen LogP contribution >= 0.6 is 0 Å². The second-order valence-corrected chi connectivity index (χ2v) is 36.7. The summed E-state index contributed by atoms with van der Waals surface area (Å²) < 4.78 is 14.3. The van der Waals surface area contributed by atoms with Crippen LogP contribution in [0.1, 0.15) is 202 Å². The van der Waals surface area contributed by atoms with Crippen molar-refractivity contribution in [2.24, 2.45) is 0 Å². The molecule has 0 bridgehead atoms. The molecule has 0 amide bonds. The lowest BCUT2D eigenvalue weighted by Gasteiger charge is -2.36. The minimum atomic E-state index is -1.23. The van der Waals surface area contributed by atoms with Gasteiger partial charge in [-0.05, 0) is 273 Å². The molecule has 11 heteroatoms. The third-order valence-electron chi connectivity index (χ3n) is 27.0. The van der Waals surface area contributed by atoms with Gasteiger partial charge in [-0.25, -0.2) is 16.2 Å². The van der Waals surface area contributed by atoms with Gasteiger partial charge in [0.1, 0.15) is 17.8 Å². The number of carboxylic acids is 2. The molecule has 0 saturated heterocycles. The fourth-order valence-corrected chi connectivity index (χ4v) is 19.2. The van der Waals surface area contributed by atoms with Gasteiger partial charge in [0.05, 0.1) is 6.57 Å². The molecule has 2 unspecified atom stereocenters. The molecule has 141 heavy (non-hydrogen) atoms. The first kappa shape index (κ1) is 98.1. The number of nitrogens with zero attached hydrogens (tertiary/aromatic N) is 4. The van der Waals surface area contributed by atoms with Crippen molar-refractivity contribution in [2.75, 3.05) is 16.3 Å². The molecule has 0 spiro atoms. The smallest absolute Gasteiger partial charge is 0.384 e. The highest BCUT2D eigenvalue weighted by Gasteiger charge is 2.39. The molecule has 2 atom stereocenters. The number of ether oxygens (including phenoxy) is 2. The average Bonchev–Trinajstić information content (AvgIpc) is 0.740. The van der Waals surface area contributed by atoms with Gasteiger partial charge in [0.25, 0.3) is 5.70 Å². The van der Waals surface area contributed by atoms with E-state index in [1.807, 2.05) is 72.8 Å². The first-order valence-corrected chi connectivity index (χ1v) is 50.1. The predicted molar refractivity (Wildman–Crippen MR) is 584 cm³/mol. The van der Waals surface area contributed by atoms with Crippen molar-refractivity contribution in [3.8, 4) is 56.0 Å². The Morgan fingerprint density at radius 3 is 0.908 bits per heavy atom. The van der Waals surface area contributed by atoms with Gasteiger partial charge in [-0.1, -0.05) is 372 Å². The molecule has 0 saturated carbocycles. The average molecular weight is 1850 g/mol. The van der Waals surface area contributed by atoms with Crippen molar-refractivity contribution in [1.82, 2.24) is 0 Å². The predicted octanol–water partition coefficient (Wildman–Crippen LogP) is 34.6. The van der Waals surface area contributed by atoms with E-state index in [-0.39, 0.29) is 5.70 Å². The molecule has 0 radical (unpaired) electrons. The van der Waals surface area contributed by atoms with E-state index in [0.29, 0.717) is 11.1 Å². The largest absolute Gasteiger partial charge is 0.486 e. The Morgan fingerprint density at radius 1 is 0.326 bits per heavy atom. The molecular formula is C130H122N4O7. The van der Waals surface area contributed by atoms with Crippen molar-refractivity contribution < 1.29 is 34.1 Å². The van der Waals surface area contributed by atoms with Crippen LogP contribution in [0.2, 0.25) is 0 Å². The Balaban J connectivity index is 0.000000192. The third kappa shape index (κ3) is 24.1. The minimum absolute atomic E-state index is 0.317. The molecule has 0 aromatic heterocycles. The topological polar surface area (TPSA) is 125 Å². The summed E-state index contributed by atoms with van der Waals surface area (Å²) in [6.07, 6.45) is 35.9. The second kappa shape index (κ2) is 47.9. The maximum atomic E-state index is 11.4. The van der Waals surface area contributed by atoms with Gasteiger partial charge < -0.3 is 34.3 Å². The third-order valence-corrected chi connectivity index (χ3v) is 27.0. The summed E-state index contributed by atoms with van der Waals surface area (Å²) in [4.78, 5) is 42.5. The molecular weight excluding hydrogens is 1730 g/mol. The SMILES string of the molecule is CCCCCCc1ccc(N(c2ccc(CCCCCC)cc2)c2ccc(-c3ccc4c5c(ccc4c3)OC(c3ccccc3)(c3ccc(-c4ccc(C=O)cc4)cc3)C=C5)cc2)cc1.[C-]#[N+]/C(=C/c1ccc(-c2ccc(C3(c4ccccc4)C=Cc4c(ccc5cc(-c6ccc(N(c7ccc(CCCCCC)cc7)c7ccc(CCCCCC)cc7)cc6)ccc45)O3)cc2)cc1)C(=O)O.[C-]#[N+]CC(=O)O. The number of fused-ring (bicyclic) bond motifs is 6. The fraction of sp³-hybridized carbons (Fsp3) is 0.208. The van der Waals surface area contributed by atoms with E-state index < -0.39 is 29.7 Å². The summed E-state index contributed by atoms with van der Waals surface area (Å²) >= 11 is 0. The van der Waals surface area contributed by atoms with Gasteiger partial charge in [0, 0.05) is 73.1 Å². The number of anilines is 6. The van der Waals surface area contributed by atoms with Gasteiger partial charge >= 0.3 is 18.5 Å². The van der Waals surface area contributed by atoms with Crippen LogP contribution in [-0.4, -0.2) is 35.0 Å². The number of hydrogen-bond donors (Lipinski definition) is 2. The Labute approximate surface area is 831 Å². The number of rotatable bonds is 38. The summed E-state index contributed by atoms with van der Waals surface area (Å²) in [6, 6.07) is 130. The van der Waals surface area contributed by atoms with Crippen molar-refractivity contribution in [2.45, 2.75) is 167 Å². The lowest BCUT2D eigenvalue weighted by Crippen LogP contribution is -2.34. The van der Waals surface area contributed by atoms with E-state index in [9.17, 15) is 19.5 Å². The van der Waals surface area contributed by atoms with Gasteiger partial charge in [-0.3, -0.25) is 9.59 Å². The normalized spacial score (nSPS) is 13.8. The monoisotopic (exact) mass is 1850 g/mol. The Bertz CT molecular complexity index is 6980. The minimum Gasteiger partial charge on any atom is -0.486 e. The second-order valence-electron chi connectivity index (χ2n) is 36.7. The maximum absolute atomic E-state index is 11.4. The van der Waals surface area contributed by atoms with Crippen LogP contribution in [0.5, 0.6) is 11.5 Å². The van der Waals surface area contributed by atoms with E-state index in [0.717, 1.165) is 149 Å². The number of aryl methyl sites for hydroxylation is 4. The highest BCUT2D eigenvalue weighted by Crippen LogP contribution is 2.49. The number of aliphatic carboxylic acids is 2. The number of carboxylic acid groups (broad SMARTS) is 2. The molecule has 18 rings (SSSR count). The summed E-state index contributed by atoms with van der Waals surface area (Å²) in [6.45, 7) is 21.8. The zero-order chi connectivity index (χ0) is 97.7. The van der Waals surface area contributed by atoms with Crippen molar-refractivity contribution >= 4 is 92.1 Å². The zero-order valence-corrected chi connectivity index (χ0v) is 81.2. The van der Waals surface area contributed by atoms with E-state index in [2.05, 4.69) is 363 Å². The van der Waals surface area contributed by atoms with Gasteiger partial charge in [-0.2, -0.15) is 0 Å². The van der Waals surface area contributed by atoms with Crippen LogP contribution in [-0.2, 0) is 46.5 Å². The number of aldehydes is 1. The Kier molecular flexibility index (Phi) is 33.3. The summed E-state index contributed by atoms with van der Waals surface area (Å²) in [5, 5.41) is 21.6. The number of benzene rings is 16. The van der Waals surface area contributed by atoms with Crippen molar-refractivity contribution in [3.63, 3.8) is 0 Å². The van der Waals surface area contributed by atoms with Gasteiger partial charge in [0.15, 0.2) is 11.2 Å². The van der Waals surface area contributed by atoms with Crippen LogP contribution in [0.4, 0.5) is 34.1 Å². The molecule has 11 nitrogen and oxygen atoms in total. The molecule has 0 aliphatic carbocycles. The van der Waals surface area contributed by atoms with Crippen LogP contribution in [0.3, 0.4) is 0 Å². The lowest BCUT2D eigenvalue weighted by molar-refractivity contribution is -0.135. The highest BCUT2D eigenvalue weighted by atomic mass is 16.5.